The monoisotopic (exact) mass is 358 g/mol. The Bertz CT molecular complexity index is 688. The average Bonchev–Trinajstić information content (AvgIpc) is 2.65. The van der Waals surface area contributed by atoms with Gasteiger partial charge in [0.05, 0.1) is 6.20 Å². The van der Waals surface area contributed by atoms with E-state index in [0.717, 1.165) is 30.2 Å². The van der Waals surface area contributed by atoms with Gasteiger partial charge in [-0.25, -0.2) is 4.98 Å². The zero-order valence-corrected chi connectivity index (χ0v) is 15.0. The fraction of sp³-hybridized carbons (Fsp3) is 0.389. The largest absolute Gasteiger partial charge is 0.480 e. The van der Waals surface area contributed by atoms with E-state index >= 15 is 0 Å². The molecule has 7 heteroatoms. The number of hydrogen-bond donors (Lipinski definition) is 1. The third-order valence-corrected chi connectivity index (χ3v) is 5.19. The molecule has 1 aromatic heterocycles. The number of anilines is 1. The van der Waals surface area contributed by atoms with Crippen LogP contribution in [-0.2, 0) is 4.79 Å². The first kappa shape index (κ1) is 17.7. The van der Waals surface area contributed by atoms with Crippen molar-refractivity contribution in [1.82, 2.24) is 14.9 Å². The second-order valence-corrected chi connectivity index (χ2v) is 7.17. The van der Waals surface area contributed by atoms with Crippen LogP contribution in [0.25, 0.3) is 0 Å². The Morgan fingerprint density at radius 3 is 2.48 bits per heavy atom. The minimum atomic E-state index is -0.802. The number of carbonyl (C=O) groups is 1. The molecule has 0 saturated carbocycles. The maximum absolute atomic E-state index is 11.9. The minimum absolute atomic E-state index is 0.607. The van der Waals surface area contributed by atoms with E-state index in [1.165, 1.54) is 4.90 Å². The molecule has 0 aliphatic carbocycles. The average molecular weight is 358 g/mol. The number of aromatic nitrogens is 2. The van der Waals surface area contributed by atoms with Gasteiger partial charge in [0, 0.05) is 43.5 Å². The summed E-state index contributed by atoms with van der Waals surface area (Å²) in [5, 5.41) is 9.75. The van der Waals surface area contributed by atoms with Crippen molar-refractivity contribution in [2.24, 2.45) is 0 Å². The molecule has 1 atom stereocenters. The second kappa shape index (κ2) is 8.31. The predicted octanol–water partition coefficient (Wildman–Crippen LogP) is 2.54. The number of carboxylic acid groups (broad SMARTS) is 1. The Morgan fingerprint density at radius 1 is 1.20 bits per heavy atom. The SMILES string of the molecule is CCSc1ccc([C@@H](C(=O)O)N2CCN(c3cnccn3)CC2)cc1. The summed E-state index contributed by atoms with van der Waals surface area (Å²) in [6.07, 6.45) is 5.08. The van der Waals surface area contributed by atoms with E-state index < -0.39 is 12.0 Å². The highest BCUT2D eigenvalue weighted by Gasteiger charge is 2.30. The van der Waals surface area contributed by atoms with E-state index in [4.69, 9.17) is 0 Å². The van der Waals surface area contributed by atoms with Crippen molar-refractivity contribution in [2.45, 2.75) is 17.9 Å². The maximum atomic E-state index is 11.9. The molecule has 2 heterocycles. The molecular weight excluding hydrogens is 336 g/mol. The Kier molecular flexibility index (Phi) is 5.88. The molecular formula is C18H22N4O2S. The molecule has 0 unspecified atom stereocenters. The lowest BCUT2D eigenvalue weighted by atomic mass is 10.0. The zero-order chi connectivity index (χ0) is 17.6. The van der Waals surface area contributed by atoms with Gasteiger partial charge in [0.2, 0.25) is 0 Å². The van der Waals surface area contributed by atoms with E-state index in [1.807, 2.05) is 29.2 Å². The molecule has 1 aromatic carbocycles. The summed E-state index contributed by atoms with van der Waals surface area (Å²) < 4.78 is 0. The van der Waals surface area contributed by atoms with Crippen LogP contribution in [0.2, 0.25) is 0 Å². The minimum Gasteiger partial charge on any atom is -0.480 e. The highest BCUT2D eigenvalue weighted by Crippen LogP contribution is 2.26. The van der Waals surface area contributed by atoms with E-state index in [2.05, 4.69) is 21.8 Å². The van der Waals surface area contributed by atoms with E-state index in [1.54, 1.807) is 30.4 Å². The molecule has 0 spiro atoms. The topological polar surface area (TPSA) is 69.6 Å². The van der Waals surface area contributed by atoms with Gasteiger partial charge in [-0.15, -0.1) is 11.8 Å². The molecule has 25 heavy (non-hydrogen) atoms. The van der Waals surface area contributed by atoms with Gasteiger partial charge >= 0.3 is 5.97 Å². The fourth-order valence-electron chi connectivity index (χ4n) is 3.09. The normalized spacial score (nSPS) is 16.6. The van der Waals surface area contributed by atoms with Crippen LogP contribution in [0.5, 0.6) is 0 Å². The molecule has 1 aliphatic heterocycles. The van der Waals surface area contributed by atoms with Gasteiger partial charge in [-0.2, -0.15) is 0 Å². The zero-order valence-electron chi connectivity index (χ0n) is 14.2. The van der Waals surface area contributed by atoms with E-state index in [9.17, 15) is 9.90 Å². The summed E-state index contributed by atoms with van der Waals surface area (Å²) in [4.78, 5) is 25.6. The first-order valence-electron chi connectivity index (χ1n) is 8.39. The number of aliphatic carboxylic acids is 1. The molecule has 2 aromatic rings. The summed E-state index contributed by atoms with van der Waals surface area (Å²) in [6.45, 7) is 4.95. The van der Waals surface area contributed by atoms with Crippen LogP contribution >= 0.6 is 11.8 Å². The van der Waals surface area contributed by atoms with Crippen molar-refractivity contribution in [3.05, 3.63) is 48.4 Å². The van der Waals surface area contributed by atoms with Crippen LogP contribution < -0.4 is 4.90 Å². The van der Waals surface area contributed by atoms with Crippen molar-refractivity contribution in [2.75, 3.05) is 36.8 Å². The van der Waals surface area contributed by atoms with Crippen LogP contribution in [0.4, 0.5) is 5.82 Å². The van der Waals surface area contributed by atoms with Crippen molar-refractivity contribution < 1.29 is 9.90 Å². The summed E-state index contributed by atoms with van der Waals surface area (Å²) in [6, 6.07) is 7.28. The molecule has 0 bridgehead atoms. The van der Waals surface area contributed by atoms with Crippen molar-refractivity contribution >= 4 is 23.5 Å². The Morgan fingerprint density at radius 2 is 1.92 bits per heavy atom. The summed E-state index contributed by atoms with van der Waals surface area (Å²) >= 11 is 1.76. The number of rotatable bonds is 6. The van der Waals surface area contributed by atoms with Crippen molar-refractivity contribution in [1.29, 1.82) is 0 Å². The number of thioether (sulfide) groups is 1. The molecule has 1 aliphatic rings. The Hall–Kier alpha value is -2.12. The van der Waals surface area contributed by atoms with Gasteiger partial charge < -0.3 is 10.0 Å². The highest BCUT2D eigenvalue weighted by molar-refractivity contribution is 7.99. The summed E-state index contributed by atoms with van der Waals surface area (Å²) in [5.74, 6) is 1.05. The number of benzene rings is 1. The summed E-state index contributed by atoms with van der Waals surface area (Å²) in [7, 11) is 0. The van der Waals surface area contributed by atoms with Crippen LogP contribution in [0.15, 0.2) is 47.8 Å². The van der Waals surface area contributed by atoms with Gasteiger partial charge in [-0.1, -0.05) is 19.1 Å². The van der Waals surface area contributed by atoms with Crippen LogP contribution in [0.3, 0.4) is 0 Å². The van der Waals surface area contributed by atoms with Gasteiger partial charge in [-0.3, -0.25) is 14.7 Å². The Balaban J connectivity index is 1.69. The molecule has 1 N–H and O–H groups in total. The maximum Gasteiger partial charge on any atom is 0.325 e. The van der Waals surface area contributed by atoms with Gasteiger partial charge in [0.25, 0.3) is 0 Å². The third-order valence-electron chi connectivity index (χ3n) is 4.29. The smallest absolute Gasteiger partial charge is 0.325 e. The van der Waals surface area contributed by atoms with Crippen LogP contribution in [0, 0.1) is 0 Å². The number of nitrogens with zero attached hydrogens (tertiary/aromatic N) is 4. The lowest BCUT2D eigenvalue weighted by Crippen LogP contribution is -2.49. The molecule has 6 nitrogen and oxygen atoms in total. The van der Waals surface area contributed by atoms with Gasteiger partial charge in [0.15, 0.2) is 0 Å². The lowest BCUT2D eigenvalue weighted by molar-refractivity contribution is -0.143. The van der Waals surface area contributed by atoms with Crippen LogP contribution in [-0.4, -0.2) is 57.9 Å². The van der Waals surface area contributed by atoms with Gasteiger partial charge in [0.1, 0.15) is 11.9 Å². The molecule has 132 valence electrons. The van der Waals surface area contributed by atoms with Crippen molar-refractivity contribution in [3.63, 3.8) is 0 Å². The summed E-state index contributed by atoms with van der Waals surface area (Å²) in [5.41, 5.74) is 0.834. The molecule has 3 rings (SSSR count). The lowest BCUT2D eigenvalue weighted by Gasteiger charge is -2.38. The van der Waals surface area contributed by atoms with Gasteiger partial charge in [-0.05, 0) is 23.4 Å². The fourth-order valence-corrected chi connectivity index (χ4v) is 3.75. The first-order valence-corrected chi connectivity index (χ1v) is 9.38. The predicted molar refractivity (Wildman–Crippen MR) is 99.0 cm³/mol. The highest BCUT2D eigenvalue weighted by atomic mass is 32.2. The van der Waals surface area contributed by atoms with Crippen molar-refractivity contribution in [3.8, 4) is 0 Å². The molecule has 0 radical (unpaired) electrons. The Labute approximate surface area is 151 Å². The number of carboxylic acids is 1. The number of hydrogen-bond acceptors (Lipinski definition) is 6. The van der Waals surface area contributed by atoms with Crippen LogP contribution in [0.1, 0.15) is 18.5 Å². The second-order valence-electron chi connectivity index (χ2n) is 5.83. The first-order chi connectivity index (χ1) is 12.2. The number of piperazine rings is 1. The molecule has 0 amide bonds. The third kappa shape index (κ3) is 4.29. The van der Waals surface area contributed by atoms with E-state index in [-0.39, 0.29) is 0 Å². The quantitative estimate of drug-likeness (QED) is 0.796. The molecule has 1 fully saturated rings. The molecule has 1 saturated heterocycles. The standard InChI is InChI=1S/C18H22N4O2S/c1-2-25-15-5-3-14(4-6-15)17(18(23)24)22-11-9-21(10-12-22)16-13-19-7-8-20-16/h3-8,13,17H,2,9-12H2,1H3,(H,23,24)/t17-/m0/s1. The van der Waals surface area contributed by atoms with E-state index in [0.29, 0.717) is 13.1 Å².